The van der Waals surface area contributed by atoms with Crippen molar-refractivity contribution in [3.8, 4) is 11.4 Å². The lowest BCUT2D eigenvalue weighted by atomic mass is 10.00. The number of halogens is 3. The highest BCUT2D eigenvalue weighted by Crippen LogP contribution is 2.32. The van der Waals surface area contributed by atoms with Crippen LogP contribution in [0.5, 0.6) is 0 Å². The zero-order valence-electron chi connectivity index (χ0n) is 19.0. The van der Waals surface area contributed by atoms with Crippen molar-refractivity contribution in [2.75, 3.05) is 39.4 Å². The molecule has 5 heterocycles. The summed E-state index contributed by atoms with van der Waals surface area (Å²) in [5.41, 5.74) is -0.0381. The van der Waals surface area contributed by atoms with Crippen LogP contribution < -0.4 is 21.3 Å². The van der Waals surface area contributed by atoms with Crippen molar-refractivity contribution in [2.24, 2.45) is 0 Å². The third-order valence-electron chi connectivity index (χ3n) is 6.50. The number of hydrogen-bond donors (Lipinski definition) is 4. The number of thiazole rings is 1. The first-order valence-corrected chi connectivity index (χ1v) is 12.6. The van der Waals surface area contributed by atoms with E-state index in [-0.39, 0.29) is 24.4 Å². The van der Waals surface area contributed by atoms with Crippen LogP contribution in [-0.2, 0) is 15.7 Å². The van der Waals surface area contributed by atoms with Gasteiger partial charge in [0.2, 0.25) is 5.91 Å². The maximum Gasteiger partial charge on any atom is 0.417 e. The first-order valence-electron chi connectivity index (χ1n) is 11.7. The van der Waals surface area contributed by atoms with Crippen LogP contribution in [0.1, 0.15) is 29.3 Å². The van der Waals surface area contributed by atoms with Crippen molar-refractivity contribution in [1.29, 1.82) is 0 Å². The standard InChI is InChI=1S/C22H28F3N7O2S/c23-22(24,25)13-3-4-15(27-10-13)16-12-35-20(29-16)17-18(28-14-2-1-5-26-11-14)30-21(31-19(17)33)32-6-8-34-9-7-32/h3-4,10,12,14,17-18,21,26,28,30H,1-2,5-9,11H2,(H,31,33)/t14-,17?,18?,21?/m1/s1. The summed E-state index contributed by atoms with van der Waals surface area (Å²) < 4.78 is 44.1. The van der Waals surface area contributed by atoms with Gasteiger partial charge in [0, 0.05) is 37.3 Å². The maximum absolute atomic E-state index is 13.4. The number of nitrogens with zero attached hydrogens (tertiary/aromatic N) is 3. The Morgan fingerprint density at radius 1 is 1.20 bits per heavy atom. The quantitative estimate of drug-likeness (QED) is 0.477. The number of rotatable bonds is 5. The van der Waals surface area contributed by atoms with E-state index in [9.17, 15) is 18.0 Å². The fraction of sp³-hybridized carbons (Fsp3) is 0.591. The van der Waals surface area contributed by atoms with Crippen LogP contribution in [0.15, 0.2) is 23.7 Å². The van der Waals surface area contributed by atoms with E-state index in [1.807, 2.05) is 0 Å². The van der Waals surface area contributed by atoms with Crippen LogP contribution in [0.3, 0.4) is 0 Å². The zero-order valence-corrected chi connectivity index (χ0v) is 19.8. The van der Waals surface area contributed by atoms with Gasteiger partial charge in [-0.1, -0.05) is 0 Å². The Hall–Kier alpha value is -2.16. The van der Waals surface area contributed by atoms with Gasteiger partial charge in [-0.25, -0.2) is 4.98 Å². The molecule has 3 fully saturated rings. The summed E-state index contributed by atoms with van der Waals surface area (Å²) in [5, 5.41) is 15.9. The van der Waals surface area contributed by atoms with Crippen molar-refractivity contribution < 1.29 is 22.7 Å². The minimum atomic E-state index is -4.45. The molecule has 0 spiro atoms. The van der Waals surface area contributed by atoms with E-state index in [1.165, 1.54) is 17.4 Å². The lowest BCUT2D eigenvalue weighted by Gasteiger charge is -2.44. The van der Waals surface area contributed by atoms with E-state index >= 15 is 0 Å². The Balaban J connectivity index is 1.37. The first kappa shape index (κ1) is 24.5. The number of pyridine rings is 1. The first-order chi connectivity index (χ1) is 16.9. The second-order valence-corrected chi connectivity index (χ2v) is 9.78. The van der Waals surface area contributed by atoms with Gasteiger partial charge >= 0.3 is 6.18 Å². The molecule has 0 bridgehead atoms. The van der Waals surface area contributed by atoms with E-state index in [2.05, 4.69) is 36.1 Å². The highest BCUT2D eigenvalue weighted by molar-refractivity contribution is 7.10. The fourth-order valence-corrected chi connectivity index (χ4v) is 5.57. The molecule has 5 rings (SSSR count). The summed E-state index contributed by atoms with van der Waals surface area (Å²) >= 11 is 1.30. The lowest BCUT2D eigenvalue weighted by Crippen LogP contribution is -2.71. The minimum Gasteiger partial charge on any atom is -0.379 e. The van der Waals surface area contributed by atoms with Gasteiger partial charge in [0.1, 0.15) is 17.2 Å². The van der Waals surface area contributed by atoms with Gasteiger partial charge in [0.05, 0.1) is 36.3 Å². The Morgan fingerprint density at radius 3 is 2.71 bits per heavy atom. The number of carbonyl (C=O) groups excluding carboxylic acids is 1. The van der Waals surface area contributed by atoms with Crippen molar-refractivity contribution in [2.45, 2.75) is 43.4 Å². The zero-order chi connectivity index (χ0) is 24.4. The smallest absolute Gasteiger partial charge is 0.379 e. The molecule has 2 aromatic heterocycles. The lowest BCUT2D eigenvalue weighted by molar-refractivity contribution is -0.137. The van der Waals surface area contributed by atoms with Gasteiger partial charge in [0.15, 0.2) is 0 Å². The van der Waals surface area contributed by atoms with E-state index in [1.54, 1.807) is 5.38 Å². The van der Waals surface area contributed by atoms with Gasteiger partial charge in [0.25, 0.3) is 0 Å². The van der Waals surface area contributed by atoms with Crippen molar-refractivity contribution in [1.82, 2.24) is 36.1 Å². The number of nitrogens with one attached hydrogen (secondary N) is 4. The monoisotopic (exact) mass is 511 g/mol. The van der Waals surface area contributed by atoms with E-state index in [4.69, 9.17) is 4.74 Å². The van der Waals surface area contributed by atoms with E-state index < -0.39 is 17.7 Å². The van der Waals surface area contributed by atoms with Gasteiger partial charge < -0.3 is 15.4 Å². The second kappa shape index (κ2) is 10.4. The predicted molar refractivity (Wildman–Crippen MR) is 123 cm³/mol. The molecule has 3 aliphatic heterocycles. The number of hydrogen-bond acceptors (Lipinski definition) is 9. The van der Waals surface area contributed by atoms with Crippen LogP contribution in [-0.4, -0.2) is 78.7 Å². The number of amides is 1. The average molecular weight is 512 g/mol. The number of alkyl halides is 3. The van der Waals surface area contributed by atoms with Gasteiger partial charge in [-0.05, 0) is 31.5 Å². The third kappa shape index (κ3) is 5.65. The van der Waals surface area contributed by atoms with Crippen molar-refractivity contribution >= 4 is 17.2 Å². The van der Waals surface area contributed by atoms with E-state index in [0.29, 0.717) is 42.7 Å². The fourth-order valence-electron chi connectivity index (χ4n) is 4.62. The Bertz CT molecular complexity index is 1010. The second-order valence-electron chi connectivity index (χ2n) is 8.89. The maximum atomic E-state index is 13.4. The Morgan fingerprint density at radius 2 is 2.03 bits per heavy atom. The van der Waals surface area contributed by atoms with Crippen LogP contribution >= 0.6 is 11.3 Å². The van der Waals surface area contributed by atoms with Gasteiger partial charge in [-0.2, -0.15) is 13.2 Å². The molecule has 13 heteroatoms. The molecule has 4 N–H and O–H groups in total. The highest BCUT2D eigenvalue weighted by Gasteiger charge is 2.42. The average Bonchev–Trinajstić information content (AvgIpc) is 3.34. The molecule has 35 heavy (non-hydrogen) atoms. The molecule has 1 amide bonds. The SMILES string of the molecule is O=C1NC(N2CCOCC2)NC(N[C@@H]2CCCNC2)C1c1nc(-c2ccc(C(F)(F)F)cn2)cs1. The number of aromatic nitrogens is 2. The summed E-state index contributed by atoms with van der Waals surface area (Å²) in [6.07, 6.45) is -2.28. The molecule has 4 atom stereocenters. The van der Waals surface area contributed by atoms with E-state index in [0.717, 1.165) is 38.2 Å². The van der Waals surface area contributed by atoms with Gasteiger partial charge in [-0.3, -0.25) is 25.3 Å². The van der Waals surface area contributed by atoms with Crippen LogP contribution in [0.25, 0.3) is 11.4 Å². The molecular weight excluding hydrogens is 483 g/mol. The van der Waals surface area contributed by atoms with Crippen molar-refractivity contribution in [3.63, 3.8) is 0 Å². The van der Waals surface area contributed by atoms with Crippen molar-refractivity contribution in [3.05, 3.63) is 34.3 Å². The molecule has 9 nitrogen and oxygen atoms in total. The Labute approximate surface area is 204 Å². The molecule has 0 radical (unpaired) electrons. The minimum absolute atomic E-state index is 0.150. The molecule has 190 valence electrons. The summed E-state index contributed by atoms with van der Waals surface area (Å²) in [7, 11) is 0. The molecular formula is C22H28F3N7O2S. The molecule has 3 unspecified atom stereocenters. The normalized spacial score (nSPS) is 28.6. The molecule has 0 saturated carbocycles. The number of morpholine rings is 1. The third-order valence-corrected chi connectivity index (χ3v) is 7.42. The highest BCUT2D eigenvalue weighted by atomic mass is 32.1. The number of piperidine rings is 1. The summed E-state index contributed by atoms with van der Waals surface area (Å²) in [6, 6.07) is 2.50. The number of ether oxygens (including phenoxy) is 1. The summed E-state index contributed by atoms with van der Waals surface area (Å²) in [6.45, 7) is 4.43. The topological polar surface area (TPSA) is 103 Å². The molecule has 0 aromatic carbocycles. The number of carbonyl (C=O) groups is 1. The summed E-state index contributed by atoms with van der Waals surface area (Å²) in [4.78, 5) is 24.1. The molecule has 3 saturated heterocycles. The summed E-state index contributed by atoms with van der Waals surface area (Å²) in [5.74, 6) is -0.745. The predicted octanol–water partition coefficient (Wildman–Crippen LogP) is 1.31. The van der Waals surface area contributed by atoms with Gasteiger partial charge in [-0.15, -0.1) is 11.3 Å². The Kier molecular flexibility index (Phi) is 7.32. The largest absolute Gasteiger partial charge is 0.417 e. The van der Waals surface area contributed by atoms with Crippen LogP contribution in [0.2, 0.25) is 0 Å². The molecule has 3 aliphatic rings. The van der Waals surface area contributed by atoms with Crippen LogP contribution in [0.4, 0.5) is 13.2 Å². The molecule has 2 aromatic rings. The van der Waals surface area contributed by atoms with Crippen LogP contribution in [0, 0.1) is 0 Å². The molecule has 0 aliphatic carbocycles.